The lowest BCUT2D eigenvalue weighted by Gasteiger charge is -2.22. The highest BCUT2D eigenvalue weighted by Gasteiger charge is 2.35. The maximum Gasteiger partial charge on any atom is 0.232 e. The molecule has 8 heteroatoms. The number of ether oxygens (including phenoxy) is 1. The summed E-state index contributed by atoms with van der Waals surface area (Å²) in [5.74, 6) is 1.38. The Morgan fingerprint density at radius 2 is 1.90 bits per heavy atom. The lowest BCUT2D eigenvalue weighted by atomic mass is 10.1. The van der Waals surface area contributed by atoms with Crippen molar-refractivity contribution in [1.29, 1.82) is 0 Å². The predicted octanol–water partition coefficient (Wildman–Crippen LogP) is 4.21. The molecule has 1 fully saturated rings. The largest absolute Gasteiger partial charge is 0.493 e. The number of benzene rings is 2. The fourth-order valence-electron chi connectivity index (χ4n) is 3.38. The van der Waals surface area contributed by atoms with Crippen molar-refractivity contribution in [3.8, 4) is 17.0 Å². The summed E-state index contributed by atoms with van der Waals surface area (Å²) in [4.78, 5) is 8.70. The van der Waals surface area contributed by atoms with Gasteiger partial charge in [0.15, 0.2) is 0 Å². The number of hydrogen-bond donors (Lipinski definition) is 1. The molecule has 1 heterocycles. The van der Waals surface area contributed by atoms with Gasteiger partial charge in [-0.3, -0.25) is 4.31 Å². The van der Waals surface area contributed by atoms with Gasteiger partial charge in [-0.05, 0) is 50.1 Å². The topological polar surface area (TPSA) is 84.4 Å². The van der Waals surface area contributed by atoms with Crippen molar-refractivity contribution in [3.05, 3.63) is 60.9 Å². The molecule has 0 saturated heterocycles. The molecule has 1 saturated carbocycles. The van der Waals surface area contributed by atoms with Crippen LogP contribution in [-0.4, -0.2) is 37.3 Å². The first-order chi connectivity index (χ1) is 14.5. The Hall–Kier alpha value is -3.13. The van der Waals surface area contributed by atoms with E-state index in [1.54, 1.807) is 0 Å². The molecule has 0 bridgehead atoms. The van der Waals surface area contributed by atoms with Crippen molar-refractivity contribution >= 4 is 27.2 Å². The Morgan fingerprint density at radius 3 is 2.63 bits per heavy atom. The maximum atomic E-state index is 12.2. The second-order valence-corrected chi connectivity index (χ2v) is 9.04. The van der Waals surface area contributed by atoms with Crippen LogP contribution in [0.1, 0.15) is 19.8 Å². The molecular formula is C22H24N4O3S. The zero-order valence-corrected chi connectivity index (χ0v) is 17.8. The van der Waals surface area contributed by atoms with E-state index in [-0.39, 0.29) is 6.04 Å². The minimum absolute atomic E-state index is 0.0518. The van der Waals surface area contributed by atoms with Crippen LogP contribution < -0.4 is 14.4 Å². The van der Waals surface area contributed by atoms with Crippen molar-refractivity contribution in [3.63, 3.8) is 0 Å². The Morgan fingerprint density at radius 1 is 1.10 bits per heavy atom. The normalized spacial score (nSPS) is 13.7. The molecule has 1 aliphatic rings. The number of sulfonamides is 1. The summed E-state index contributed by atoms with van der Waals surface area (Å²) in [6, 6.07) is 17.0. The third-order valence-corrected chi connectivity index (χ3v) is 5.96. The quantitative estimate of drug-likeness (QED) is 0.583. The highest BCUT2D eigenvalue weighted by atomic mass is 32.2. The van der Waals surface area contributed by atoms with Gasteiger partial charge >= 0.3 is 0 Å². The standard InChI is InChI=1S/C22H24N4O3S/c1-3-29-21-10-5-4-9-19(21)20-14-22(24-15-23-20)25-16-7-6-8-18(13-16)26(17-11-12-17)30(2,27)28/h4-10,13-15,17H,3,11-12H2,1-2H3,(H,23,24,25). The lowest BCUT2D eigenvalue weighted by Crippen LogP contribution is -2.31. The molecule has 0 atom stereocenters. The molecular weight excluding hydrogens is 400 g/mol. The molecule has 0 radical (unpaired) electrons. The van der Waals surface area contributed by atoms with E-state index >= 15 is 0 Å². The SMILES string of the molecule is CCOc1ccccc1-c1cc(Nc2cccc(N(C3CC3)S(C)(=O)=O)c2)ncn1. The smallest absolute Gasteiger partial charge is 0.232 e. The fourth-order valence-corrected chi connectivity index (χ4v) is 4.63. The summed E-state index contributed by atoms with van der Waals surface area (Å²) in [5.41, 5.74) is 3.03. The monoisotopic (exact) mass is 424 g/mol. The molecule has 7 nitrogen and oxygen atoms in total. The Labute approximate surface area is 176 Å². The van der Waals surface area contributed by atoms with Crippen LogP contribution in [0.15, 0.2) is 60.9 Å². The van der Waals surface area contributed by atoms with Gasteiger partial charge in [-0.25, -0.2) is 18.4 Å². The van der Waals surface area contributed by atoms with Crippen molar-refractivity contribution in [2.75, 3.05) is 22.5 Å². The summed E-state index contributed by atoms with van der Waals surface area (Å²) in [6.07, 6.45) is 4.52. The van der Waals surface area contributed by atoms with Gasteiger partial charge in [0.1, 0.15) is 17.9 Å². The molecule has 1 aliphatic carbocycles. The van der Waals surface area contributed by atoms with Gasteiger partial charge in [0.05, 0.1) is 24.2 Å². The third kappa shape index (κ3) is 4.54. The molecule has 2 aromatic carbocycles. The number of aromatic nitrogens is 2. The van der Waals surface area contributed by atoms with E-state index in [2.05, 4.69) is 15.3 Å². The van der Waals surface area contributed by atoms with Gasteiger partial charge in [0.25, 0.3) is 0 Å². The van der Waals surface area contributed by atoms with Crippen molar-refractivity contribution in [1.82, 2.24) is 9.97 Å². The molecule has 1 aromatic heterocycles. The number of para-hydroxylation sites is 1. The van der Waals surface area contributed by atoms with E-state index in [0.29, 0.717) is 18.1 Å². The second-order valence-electron chi connectivity index (χ2n) is 7.18. The van der Waals surface area contributed by atoms with Crippen LogP contribution in [-0.2, 0) is 10.0 Å². The van der Waals surface area contributed by atoms with Crippen LogP contribution in [0.5, 0.6) is 5.75 Å². The van der Waals surface area contributed by atoms with Gasteiger partial charge in [-0.1, -0.05) is 18.2 Å². The molecule has 1 N–H and O–H groups in total. The average molecular weight is 425 g/mol. The van der Waals surface area contributed by atoms with Crippen LogP contribution in [0.2, 0.25) is 0 Å². The number of rotatable bonds is 8. The molecule has 0 unspecified atom stereocenters. The number of nitrogens with one attached hydrogen (secondary N) is 1. The van der Waals surface area contributed by atoms with E-state index in [1.807, 2.05) is 61.5 Å². The van der Waals surface area contributed by atoms with E-state index in [1.165, 1.54) is 16.9 Å². The predicted molar refractivity (Wildman–Crippen MR) is 119 cm³/mol. The van der Waals surface area contributed by atoms with Gasteiger partial charge in [-0.15, -0.1) is 0 Å². The molecule has 0 spiro atoms. The highest BCUT2D eigenvalue weighted by Crippen LogP contribution is 2.35. The number of nitrogens with zero attached hydrogens (tertiary/aromatic N) is 3. The molecule has 0 amide bonds. The lowest BCUT2D eigenvalue weighted by molar-refractivity contribution is 0.341. The molecule has 156 valence electrons. The van der Waals surface area contributed by atoms with E-state index < -0.39 is 10.0 Å². The minimum atomic E-state index is -3.33. The van der Waals surface area contributed by atoms with Crippen LogP contribution in [0.4, 0.5) is 17.2 Å². The first-order valence-corrected chi connectivity index (χ1v) is 11.7. The summed E-state index contributed by atoms with van der Waals surface area (Å²) >= 11 is 0. The molecule has 3 aromatic rings. The van der Waals surface area contributed by atoms with Gasteiger partial charge in [-0.2, -0.15) is 0 Å². The van der Waals surface area contributed by atoms with Gasteiger partial charge in [0.2, 0.25) is 10.0 Å². The Bertz CT molecular complexity index is 1150. The Kier molecular flexibility index (Phi) is 5.59. The van der Waals surface area contributed by atoms with E-state index in [9.17, 15) is 8.42 Å². The third-order valence-electron chi connectivity index (χ3n) is 4.74. The molecule has 0 aliphatic heterocycles. The van der Waals surface area contributed by atoms with E-state index in [4.69, 9.17) is 4.74 Å². The van der Waals surface area contributed by atoms with Crippen molar-refractivity contribution in [2.24, 2.45) is 0 Å². The minimum Gasteiger partial charge on any atom is -0.493 e. The first kappa shape index (κ1) is 20.2. The number of anilines is 3. The van der Waals surface area contributed by atoms with Crippen LogP contribution >= 0.6 is 0 Å². The zero-order valence-electron chi connectivity index (χ0n) is 16.9. The average Bonchev–Trinajstić information content (AvgIpc) is 3.53. The highest BCUT2D eigenvalue weighted by molar-refractivity contribution is 7.92. The van der Waals surface area contributed by atoms with Crippen LogP contribution in [0.25, 0.3) is 11.3 Å². The van der Waals surface area contributed by atoms with E-state index in [0.717, 1.165) is 35.5 Å². The Balaban J connectivity index is 1.61. The van der Waals surface area contributed by atoms with Gasteiger partial charge < -0.3 is 10.1 Å². The van der Waals surface area contributed by atoms with Crippen molar-refractivity contribution in [2.45, 2.75) is 25.8 Å². The molecule has 30 heavy (non-hydrogen) atoms. The molecule has 4 rings (SSSR count). The summed E-state index contributed by atoms with van der Waals surface area (Å²) in [6.45, 7) is 2.51. The van der Waals surface area contributed by atoms with Crippen LogP contribution in [0.3, 0.4) is 0 Å². The van der Waals surface area contributed by atoms with Gasteiger partial charge in [0, 0.05) is 23.4 Å². The zero-order chi connectivity index (χ0) is 21.1. The summed E-state index contributed by atoms with van der Waals surface area (Å²) < 4.78 is 31.7. The summed E-state index contributed by atoms with van der Waals surface area (Å²) in [5, 5.41) is 3.26. The maximum absolute atomic E-state index is 12.2. The first-order valence-electron chi connectivity index (χ1n) is 9.86. The summed E-state index contributed by atoms with van der Waals surface area (Å²) in [7, 11) is -3.33. The van der Waals surface area contributed by atoms with Crippen molar-refractivity contribution < 1.29 is 13.2 Å². The number of hydrogen-bond acceptors (Lipinski definition) is 6. The second kappa shape index (κ2) is 8.31. The fraction of sp³-hybridized carbons (Fsp3) is 0.273. The van der Waals surface area contributed by atoms with Crippen LogP contribution in [0, 0.1) is 0 Å².